The highest BCUT2D eigenvalue weighted by Gasteiger charge is 2.36. The predicted octanol–water partition coefficient (Wildman–Crippen LogP) is 22.2. The van der Waals surface area contributed by atoms with E-state index < -0.39 is 0 Å². The van der Waals surface area contributed by atoms with Crippen LogP contribution >= 0.6 is 0 Å². The van der Waals surface area contributed by atoms with Gasteiger partial charge in [-0.15, -0.1) is 0 Å². The molecule has 8 aromatic carbocycles. The van der Waals surface area contributed by atoms with Gasteiger partial charge in [-0.05, 0) is 142 Å². The maximum absolute atomic E-state index is 2.66. The number of hydrogen-bond acceptors (Lipinski definition) is 1. The Kier molecular flexibility index (Phi) is 14.8. The van der Waals surface area contributed by atoms with Gasteiger partial charge in [0.1, 0.15) is 0 Å². The molecule has 0 saturated heterocycles. The van der Waals surface area contributed by atoms with Gasteiger partial charge in [0.05, 0.1) is 16.7 Å². The second kappa shape index (κ2) is 22.5. The van der Waals surface area contributed by atoms with Gasteiger partial charge in [0.2, 0.25) is 0 Å². The lowest BCUT2D eigenvalue weighted by atomic mass is 9.82. The predicted molar refractivity (Wildman–Crippen MR) is 323 cm³/mol. The Bertz CT molecular complexity index is 3330. The van der Waals surface area contributed by atoms with Crippen LogP contribution in [0.1, 0.15) is 189 Å². The third kappa shape index (κ3) is 10.1. The summed E-state index contributed by atoms with van der Waals surface area (Å²) in [6.07, 6.45) is 29.8. The molecule has 9 aromatic rings. The van der Waals surface area contributed by atoms with E-state index in [1.54, 1.807) is 0 Å². The van der Waals surface area contributed by atoms with Crippen LogP contribution in [0.3, 0.4) is 0 Å². The molecule has 2 nitrogen and oxygen atoms in total. The summed E-state index contributed by atoms with van der Waals surface area (Å²) in [5, 5.41) is 5.19. The second-order valence-electron chi connectivity index (χ2n) is 23.6. The van der Waals surface area contributed by atoms with Crippen LogP contribution in [0.4, 0.5) is 17.1 Å². The molecule has 2 heteroatoms. The van der Waals surface area contributed by atoms with Gasteiger partial charge < -0.3 is 9.47 Å². The normalized spacial score (nSPS) is 17.6. The van der Waals surface area contributed by atoms with E-state index in [4.69, 9.17) is 0 Å². The van der Waals surface area contributed by atoms with Gasteiger partial charge >= 0.3 is 0 Å². The zero-order valence-electron chi connectivity index (χ0n) is 45.3. The summed E-state index contributed by atoms with van der Waals surface area (Å²) < 4.78 is 2.59. The van der Waals surface area contributed by atoms with Crippen molar-refractivity contribution in [3.05, 3.63) is 192 Å². The molecule has 1 heterocycles. The number of aromatic nitrogens is 1. The molecular weight excluding hydrogens is 905 g/mol. The summed E-state index contributed by atoms with van der Waals surface area (Å²) in [6.45, 7) is 4.80. The van der Waals surface area contributed by atoms with Gasteiger partial charge in [0.25, 0.3) is 0 Å². The molecule has 382 valence electrons. The van der Waals surface area contributed by atoms with Crippen LogP contribution in [-0.4, -0.2) is 4.57 Å². The minimum absolute atomic E-state index is 0.0712. The van der Waals surface area contributed by atoms with E-state index in [2.05, 4.69) is 193 Å². The molecular formula is C73H80N2. The van der Waals surface area contributed by atoms with Gasteiger partial charge in [0.15, 0.2) is 0 Å². The van der Waals surface area contributed by atoms with Gasteiger partial charge in [-0.3, -0.25) is 0 Å². The number of para-hydroxylation sites is 2. The van der Waals surface area contributed by atoms with Crippen molar-refractivity contribution in [1.82, 2.24) is 4.57 Å². The molecule has 0 radical (unpaired) electrons. The zero-order chi connectivity index (χ0) is 50.6. The van der Waals surface area contributed by atoms with E-state index in [0.29, 0.717) is 11.8 Å². The van der Waals surface area contributed by atoms with Crippen LogP contribution in [0, 0.1) is 0 Å². The maximum Gasteiger partial charge on any atom is 0.0546 e. The minimum Gasteiger partial charge on any atom is -0.310 e. The van der Waals surface area contributed by atoms with Crippen LogP contribution in [0.2, 0.25) is 0 Å². The van der Waals surface area contributed by atoms with Crippen molar-refractivity contribution in [3.63, 3.8) is 0 Å². The SMILES string of the molecule is CC1(C)c2ccccc2-c2cc(N(c3ccc(C4CCCCC4)cc3)c3ccc4ccccc4c3-c3cc(C4CCCCCCCCCCCCCCCCC4)cc(-n4c5ccccc5c5ccccc54)c3)ccc21. The highest BCUT2D eigenvalue weighted by atomic mass is 15.1. The first-order chi connectivity index (χ1) is 37.0. The summed E-state index contributed by atoms with van der Waals surface area (Å²) in [4.78, 5) is 2.62. The Morgan fingerprint density at radius 3 is 1.51 bits per heavy atom. The Morgan fingerprint density at radius 1 is 0.387 bits per heavy atom. The van der Waals surface area contributed by atoms with Gasteiger partial charge in [0, 0.05) is 38.8 Å². The first-order valence-corrected chi connectivity index (χ1v) is 29.8. The lowest BCUT2D eigenvalue weighted by molar-refractivity contribution is 0.443. The van der Waals surface area contributed by atoms with Crippen molar-refractivity contribution < 1.29 is 0 Å². The smallest absolute Gasteiger partial charge is 0.0546 e. The topological polar surface area (TPSA) is 8.17 Å². The molecule has 0 N–H and O–H groups in total. The van der Waals surface area contributed by atoms with E-state index in [0.717, 1.165) is 0 Å². The summed E-state index contributed by atoms with van der Waals surface area (Å²) in [7, 11) is 0. The first kappa shape index (κ1) is 49.5. The third-order valence-corrected chi connectivity index (χ3v) is 18.3. The monoisotopic (exact) mass is 985 g/mol. The molecule has 75 heavy (non-hydrogen) atoms. The van der Waals surface area contributed by atoms with Crippen LogP contribution in [0.5, 0.6) is 0 Å². The Labute approximate surface area is 449 Å². The van der Waals surface area contributed by atoms with E-state index in [1.165, 1.54) is 241 Å². The molecule has 1 aromatic heterocycles. The zero-order valence-corrected chi connectivity index (χ0v) is 45.3. The number of anilines is 3. The maximum atomic E-state index is 2.66. The molecule has 0 spiro atoms. The van der Waals surface area contributed by atoms with Crippen LogP contribution in [0.15, 0.2) is 170 Å². The lowest BCUT2D eigenvalue weighted by Crippen LogP contribution is -2.15. The van der Waals surface area contributed by atoms with E-state index in [1.807, 2.05) is 0 Å². The molecule has 0 aliphatic heterocycles. The summed E-state index contributed by atoms with van der Waals surface area (Å²) in [5.74, 6) is 1.13. The third-order valence-electron chi connectivity index (χ3n) is 18.3. The molecule has 3 aliphatic rings. The fourth-order valence-corrected chi connectivity index (χ4v) is 14.3. The fraction of sp³-hybridized carbons (Fsp3) is 0.370. The summed E-state index contributed by atoms with van der Waals surface area (Å²) in [6, 6.07) is 66.3. The first-order valence-electron chi connectivity index (χ1n) is 29.8. The van der Waals surface area contributed by atoms with Gasteiger partial charge in [-0.1, -0.05) is 245 Å². The Morgan fingerprint density at radius 2 is 0.880 bits per heavy atom. The lowest BCUT2D eigenvalue weighted by Gasteiger charge is -2.31. The Balaban J connectivity index is 1.06. The fourth-order valence-electron chi connectivity index (χ4n) is 14.3. The summed E-state index contributed by atoms with van der Waals surface area (Å²) in [5.41, 5.74) is 18.5. The average Bonchev–Trinajstić information content (AvgIpc) is 3.91. The highest BCUT2D eigenvalue weighted by molar-refractivity contribution is 6.10. The van der Waals surface area contributed by atoms with Crippen molar-refractivity contribution in [1.29, 1.82) is 0 Å². The van der Waals surface area contributed by atoms with Crippen molar-refractivity contribution in [3.8, 4) is 27.9 Å². The number of benzene rings is 8. The van der Waals surface area contributed by atoms with E-state index >= 15 is 0 Å². The standard InChI is InChI=1S/C73H80N2/c1-73(2)67-38-26-23-35-63(67)66-52-60(46-47-68(66)73)74(59-44-41-55(42-45-59)53-29-19-16-20-30-53)71-48-43-56-33-21-22-34-62(56)72(71)58-49-57(54-31-17-14-12-10-8-6-4-3-5-7-9-11-13-15-18-32-54)50-61(51-58)75-69-39-27-24-36-64(69)65-37-25-28-40-70(65)75/h21-28,33-54H,3-20,29-32H2,1-2H3. The highest BCUT2D eigenvalue weighted by Crippen LogP contribution is 2.52. The molecule has 0 amide bonds. The van der Waals surface area contributed by atoms with Crippen molar-refractivity contribution in [2.24, 2.45) is 0 Å². The molecule has 3 aliphatic carbocycles. The molecule has 2 fully saturated rings. The minimum atomic E-state index is -0.0712. The second-order valence-corrected chi connectivity index (χ2v) is 23.6. The van der Waals surface area contributed by atoms with Crippen LogP contribution < -0.4 is 4.90 Å². The van der Waals surface area contributed by atoms with Crippen molar-refractivity contribution in [2.75, 3.05) is 4.90 Å². The quantitative estimate of drug-likeness (QED) is 0.154. The van der Waals surface area contributed by atoms with Crippen molar-refractivity contribution >= 4 is 49.6 Å². The van der Waals surface area contributed by atoms with Crippen molar-refractivity contribution in [2.45, 2.75) is 172 Å². The molecule has 12 rings (SSSR count). The van der Waals surface area contributed by atoms with Gasteiger partial charge in [-0.2, -0.15) is 0 Å². The van der Waals surface area contributed by atoms with E-state index in [-0.39, 0.29) is 5.41 Å². The largest absolute Gasteiger partial charge is 0.310 e. The number of hydrogen-bond donors (Lipinski definition) is 0. The van der Waals surface area contributed by atoms with Crippen LogP contribution in [0.25, 0.3) is 60.5 Å². The number of rotatable bonds is 7. The molecule has 0 atom stereocenters. The average molecular weight is 985 g/mol. The summed E-state index contributed by atoms with van der Waals surface area (Å²) >= 11 is 0. The Hall–Kier alpha value is -6.38. The van der Waals surface area contributed by atoms with Gasteiger partial charge in [-0.25, -0.2) is 0 Å². The molecule has 0 unspecified atom stereocenters. The molecule has 0 bridgehead atoms. The number of nitrogens with zero attached hydrogens (tertiary/aromatic N) is 2. The van der Waals surface area contributed by atoms with E-state index in [9.17, 15) is 0 Å². The number of fused-ring (bicyclic) bond motifs is 7. The molecule has 2 saturated carbocycles. The van der Waals surface area contributed by atoms with Crippen LogP contribution in [-0.2, 0) is 5.41 Å².